The predicted molar refractivity (Wildman–Crippen MR) is 81.2 cm³/mol. The number of hydrogen-bond acceptors (Lipinski definition) is 6. The maximum absolute atomic E-state index is 12.0. The standard InChI is InChI=1S/C15H14N2O3S/c1-2-19-15(18)13-12(9-21-14(13)17)10-3-5-11(6-4-10)20-8-7-16/h3-6,9H,2,8,17H2,1H3. The van der Waals surface area contributed by atoms with Gasteiger partial charge in [0.25, 0.3) is 0 Å². The lowest BCUT2D eigenvalue weighted by molar-refractivity contribution is 0.0529. The lowest BCUT2D eigenvalue weighted by Gasteiger charge is -2.06. The van der Waals surface area contributed by atoms with Crippen molar-refractivity contribution in [2.45, 2.75) is 6.92 Å². The van der Waals surface area contributed by atoms with Crippen LogP contribution in [-0.2, 0) is 4.74 Å². The summed E-state index contributed by atoms with van der Waals surface area (Å²) in [5.41, 5.74) is 7.84. The Hall–Kier alpha value is -2.52. The fraction of sp³-hybridized carbons (Fsp3) is 0.200. The minimum atomic E-state index is -0.420. The molecule has 0 spiro atoms. The molecular formula is C15H14N2O3S. The number of nitriles is 1. The Morgan fingerprint density at radius 2 is 2.10 bits per heavy atom. The van der Waals surface area contributed by atoms with Crippen molar-refractivity contribution in [3.8, 4) is 22.9 Å². The minimum Gasteiger partial charge on any atom is -0.479 e. The first-order valence-corrected chi connectivity index (χ1v) is 7.19. The Morgan fingerprint density at radius 3 is 2.71 bits per heavy atom. The van der Waals surface area contributed by atoms with Crippen LogP contribution in [0.1, 0.15) is 17.3 Å². The summed E-state index contributed by atoms with van der Waals surface area (Å²) in [4.78, 5) is 12.0. The molecule has 0 unspecified atom stereocenters. The van der Waals surface area contributed by atoms with Gasteiger partial charge >= 0.3 is 5.97 Å². The van der Waals surface area contributed by atoms with Crippen LogP contribution in [0, 0.1) is 11.3 Å². The number of thiophene rings is 1. The molecule has 2 N–H and O–H groups in total. The first-order valence-electron chi connectivity index (χ1n) is 6.31. The average molecular weight is 302 g/mol. The molecule has 2 aromatic rings. The van der Waals surface area contributed by atoms with Crippen molar-refractivity contribution in [3.63, 3.8) is 0 Å². The molecule has 0 atom stereocenters. The largest absolute Gasteiger partial charge is 0.479 e. The zero-order chi connectivity index (χ0) is 15.2. The number of ether oxygens (including phenoxy) is 2. The van der Waals surface area contributed by atoms with Crippen molar-refractivity contribution < 1.29 is 14.3 Å². The predicted octanol–water partition coefficient (Wildman–Crippen LogP) is 3.08. The van der Waals surface area contributed by atoms with Gasteiger partial charge in [-0.25, -0.2) is 4.79 Å². The third kappa shape index (κ3) is 3.33. The van der Waals surface area contributed by atoms with Gasteiger partial charge in [-0.15, -0.1) is 11.3 Å². The molecule has 0 saturated heterocycles. The van der Waals surface area contributed by atoms with Gasteiger partial charge in [0.15, 0.2) is 6.61 Å². The average Bonchev–Trinajstić information content (AvgIpc) is 2.88. The van der Waals surface area contributed by atoms with Gasteiger partial charge < -0.3 is 15.2 Å². The molecular weight excluding hydrogens is 288 g/mol. The van der Waals surface area contributed by atoms with E-state index in [1.165, 1.54) is 11.3 Å². The van der Waals surface area contributed by atoms with Crippen molar-refractivity contribution in [1.82, 2.24) is 0 Å². The summed E-state index contributed by atoms with van der Waals surface area (Å²) < 4.78 is 10.2. The fourth-order valence-electron chi connectivity index (χ4n) is 1.85. The van der Waals surface area contributed by atoms with Crippen LogP contribution < -0.4 is 10.5 Å². The zero-order valence-corrected chi connectivity index (χ0v) is 12.3. The van der Waals surface area contributed by atoms with Crippen molar-refractivity contribution >= 4 is 22.3 Å². The third-order valence-electron chi connectivity index (χ3n) is 2.77. The van der Waals surface area contributed by atoms with E-state index in [-0.39, 0.29) is 6.61 Å². The maximum Gasteiger partial charge on any atom is 0.341 e. The minimum absolute atomic E-state index is 0.00117. The number of nitrogens with two attached hydrogens (primary N) is 1. The van der Waals surface area contributed by atoms with E-state index >= 15 is 0 Å². The van der Waals surface area contributed by atoms with Crippen LogP contribution in [0.5, 0.6) is 5.75 Å². The lowest BCUT2D eigenvalue weighted by atomic mass is 10.0. The normalized spacial score (nSPS) is 9.90. The highest BCUT2D eigenvalue weighted by Crippen LogP contribution is 2.34. The second-order valence-electron chi connectivity index (χ2n) is 4.08. The summed E-state index contributed by atoms with van der Waals surface area (Å²) in [5, 5.41) is 10.7. The van der Waals surface area contributed by atoms with Crippen molar-refractivity contribution in [3.05, 3.63) is 35.2 Å². The number of carbonyl (C=O) groups is 1. The molecule has 0 aliphatic heterocycles. The second kappa shape index (κ2) is 6.77. The Labute approximate surface area is 126 Å². The summed E-state index contributed by atoms with van der Waals surface area (Å²) in [6.07, 6.45) is 0. The monoisotopic (exact) mass is 302 g/mol. The van der Waals surface area contributed by atoms with Crippen LogP contribution in [0.3, 0.4) is 0 Å². The lowest BCUT2D eigenvalue weighted by Crippen LogP contribution is -2.07. The van der Waals surface area contributed by atoms with Gasteiger partial charge in [-0.05, 0) is 24.6 Å². The number of esters is 1. The summed E-state index contributed by atoms with van der Waals surface area (Å²) >= 11 is 1.30. The van der Waals surface area contributed by atoms with E-state index in [9.17, 15) is 4.79 Å². The van der Waals surface area contributed by atoms with E-state index < -0.39 is 5.97 Å². The van der Waals surface area contributed by atoms with Gasteiger partial charge in [-0.1, -0.05) is 12.1 Å². The summed E-state index contributed by atoms with van der Waals surface area (Å²) in [7, 11) is 0. The van der Waals surface area contributed by atoms with Crippen LogP contribution in [0.2, 0.25) is 0 Å². The van der Waals surface area contributed by atoms with Gasteiger partial charge in [-0.2, -0.15) is 5.26 Å². The number of carbonyl (C=O) groups excluding carboxylic acids is 1. The van der Waals surface area contributed by atoms with Crippen LogP contribution in [0.25, 0.3) is 11.1 Å². The molecule has 108 valence electrons. The summed E-state index contributed by atoms with van der Waals surface area (Å²) in [5.74, 6) is 0.178. The molecule has 5 nitrogen and oxygen atoms in total. The number of benzene rings is 1. The first kappa shape index (κ1) is 14.9. The van der Waals surface area contributed by atoms with Gasteiger partial charge in [-0.3, -0.25) is 0 Å². The van der Waals surface area contributed by atoms with E-state index in [0.29, 0.717) is 22.9 Å². The Bertz CT molecular complexity index is 671. The van der Waals surface area contributed by atoms with Crippen LogP contribution in [0.4, 0.5) is 5.00 Å². The van der Waals surface area contributed by atoms with Crippen LogP contribution in [0.15, 0.2) is 29.6 Å². The summed E-state index contributed by atoms with van der Waals surface area (Å²) in [6, 6.07) is 9.03. The van der Waals surface area contributed by atoms with E-state index in [0.717, 1.165) is 11.1 Å². The van der Waals surface area contributed by atoms with Gasteiger partial charge in [0.2, 0.25) is 0 Å². The Kier molecular flexibility index (Phi) is 4.80. The zero-order valence-electron chi connectivity index (χ0n) is 11.5. The van der Waals surface area contributed by atoms with E-state index in [4.69, 9.17) is 20.5 Å². The SMILES string of the molecule is CCOC(=O)c1c(-c2ccc(OCC#N)cc2)csc1N. The number of nitrogen functional groups attached to an aromatic ring is 1. The Balaban J connectivity index is 2.30. The Morgan fingerprint density at radius 1 is 1.38 bits per heavy atom. The molecule has 0 aliphatic rings. The van der Waals surface area contributed by atoms with E-state index in [1.807, 2.05) is 23.6 Å². The molecule has 2 rings (SSSR count). The van der Waals surface area contributed by atoms with Crippen LogP contribution in [-0.4, -0.2) is 19.2 Å². The molecule has 0 bridgehead atoms. The van der Waals surface area contributed by atoms with Gasteiger partial charge in [0, 0.05) is 10.9 Å². The quantitative estimate of drug-likeness (QED) is 0.858. The highest BCUT2D eigenvalue weighted by atomic mass is 32.1. The molecule has 6 heteroatoms. The number of rotatable bonds is 5. The number of nitrogens with zero attached hydrogens (tertiary/aromatic N) is 1. The molecule has 21 heavy (non-hydrogen) atoms. The van der Waals surface area contributed by atoms with E-state index in [1.54, 1.807) is 19.1 Å². The maximum atomic E-state index is 12.0. The van der Waals surface area contributed by atoms with Crippen molar-refractivity contribution in [1.29, 1.82) is 5.26 Å². The van der Waals surface area contributed by atoms with Crippen LogP contribution >= 0.6 is 11.3 Å². The molecule has 0 saturated carbocycles. The molecule has 0 fully saturated rings. The first-order chi connectivity index (χ1) is 10.2. The summed E-state index contributed by atoms with van der Waals surface area (Å²) in [6.45, 7) is 2.05. The number of anilines is 1. The highest BCUT2D eigenvalue weighted by Gasteiger charge is 2.19. The molecule has 1 heterocycles. The molecule has 0 aliphatic carbocycles. The van der Waals surface area contributed by atoms with Crippen molar-refractivity contribution in [2.24, 2.45) is 0 Å². The molecule has 0 radical (unpaired) electrons. The highest BCUT2D eigenvalue weighted by molar-refractivity contribution is 7.14. The number of hydrogen-bond donors (Lipinski definition) is 1. The molecule has 1 aromatic heterocycles. The smallest absolute Gasteiger partial charge is 0.341 e. The third-order valence-corrected chi connectivity index (χ3v) is 3.58. The molecule has 1 aromatic carbocycles. The van der Waals surface area contributed by atoms with E-state index in [2.05, 4.69) is 0 Å². The molecule has 0 amide bonds. The van der Waals surface area contributed by atoms with Gasteiger partial charge in [0.05, 0.1) is 6.61 Å². The van der Waals surface area contributed by atoms with Crippen molar-refractivity contribution in [2.75, 3.05) is 18.9 Å². The van der Waals surface area contributed by atoms with Gasteiger partial charge in [0.1, 0.15) is 22.4 Å². The topological polar surface area (TPSA) is 85.3 Å². The fourth-order valence-corrected chi connectivity index (χ4v) is 2.66. The second-order valence-corrected chi connectivity index (χ2v) is 4.99.